The van der Waals surface area contributed by atoms with Gasteiger partial charge in [0.15, 0.2) is 0 Å². The van der Waals surface area contributed by atoms with Crippen LogP contribution in [0.3, 0.4) is 0 Å². The van der Waals surface area contributed by atoms with Crippen LogP contribution in [0.1, 0.15) is 17.5 Å². The minimum absolute atomic E-state index is 0.533. The van der Waals surface area contributed by atoms with Gasteiger partial charge in [-0.2, -0.15) is 10.4 Å². The van der Waals surface area contributed by atoms with Gasteiger partial charge >= 0.3 is 0 Å². The Labute approximate surface area is 129 Å². The monoisotopic (exact) mass is 300 g/mol. The zero-order chi connectivity index (χ0) is 14.8. The molecule has 21 heavy (non-hydrogen) atoms. The van der Waals surface area contributed by atoms with Crippen LogP contribution >= 0.6 is 11.6 Å². The number of aryl methyl sites for hydroxylation is 1. The summed E-state index contributed by atoms with van der Waals surface area (Å²) < 4.78 is 1.85. The molecule has 2 heterocycles. The minimum atomic E-state index is 0.533. The van der Waals surface area contributed by atoms with Crippen LogP contribution in [0, 0.1) is 17.2 Å². The van der Waals surface area contributed by atoms with Crippen LogP contribution in [0.2, 0.25) is 5.02 Å². The van der Waals surface area contributed by atoms with Crippen LogP contribution in [-0.2, 0) is 13.5 Å². The highest BCUT2D eigenvalue weighted by atomic mass is 35.5. The molecule has 1 fully saturated rings. The number of hydrogen-bond acceptors (Lipinski definition) is 3. The Morgan fingerprint density at radius 3 is 3.00 bits per heavy atom. The first-order chi connectivity index (χ1) is 10.2. The Morgan fingerprint density at radius 1 is 1.48 bits per heavy atom. The molecule has 0 N–H and O–H groups in total. The van der Waals surface area contributed by atoms with Crippen LogP contribution in [-0.4, -0.2) is 22.9 Å². The second-order valence-electron chi connectivity index (χ2n) is 5.60. The summed E-state index contributed by atoms with van der Waals surface area (Å²) in [7, 11) is 1.95. The molecule has 0 saturated carbocycles. The van der Waals surface area contributed by atoms with Gasteiger partial charge in [-0.15, -0.1) is 0 Å². The number of aromatic nitrogens is 2. The predicted molar refractivity (Wildman–Crippen MR) is 83.4 cm³/mol. The van der Waals surface area contributed by atoms with Crippen LogP contribution in [0.25, 0.3) is 0 Å². The average molecular weight is 301 g/mol. The van der Waals surface area contributed by atoms with E-state index < -0.39 is 0 Å². The SMILES string of the molecule is Cn1cc(CC2CCN(c3ccc(C#N)c(Cl)c3)C2)cn1. The second-order valence-corrected chi connectivity index (χ2v) is 6.01. The van der Waals surface area contributed by atoms with Crippen molar-refractivity contribution in [2.24, 2.45) is 13.0 Å². The lowest BCUT2D eigenvalue weighted by Gasteiger charge is -2.19. The minimum Gasteiger partial charge on any atom is -0.371 e. The first-order valence-corrected chi connectivity index (χ1v) is 7.45. The van der Waals surface area contributed by atoms with Gasteiger partial charge in [-0.25, -0.2) is 0 Å². The van der Waals surface area contributed by atoms with E-state index in [0.717, 1.165) is 25.2 Å². The Morgan fingerprint density at radius 2 is 2.33 bits per heavy atom. The lowest BCUT2D eigenvalue weighted by atomic mass is 10.0. The first-order valence-electron chi connectivity index (χ1n) is 7.08. The molecule has 1 aliphatic heterocycles. The van der Waals surface area contributed by atoms with Crippen LogP contribution in [0.4, 0.5) is 5.69 Å². The summed E-state index contributed by atoms with van der Waals surface area (Å²) in [4.78, 5) is 2.34. The van der Waals surface area contributed by atoms with E-state index in [4.69, 9.17) is 16.9 Å². The van der Waals surface area contributed by atoms with Gasteiger partial charge in [-0.1, -0.05) is 11.6 Å². The van der Waals surface area contributed by atoms with Crippen molar-refractivity contribution in [1.29, 1.82) is 5.26 Å². The molecule has 1 aromatic carbocycles. The van der Waals surface area contributed by atoms with Gasteiger partial charge < -0.3 is 4.90 Å². The zero-order valence-corrected chi connectivity index (χ0v) is 12.7. The fourth-order valence-corrected chi connectivity index (χ4v) is 3.15. The fourth-order valence-electron chi connectivity index (χ4n) is 2.94. The summed E-state index contributed by atoms with van der Waals surface area (Å²) in [5.74, 6) is 0.642. The molecular weight excluding hydrogens is 284 g/mol. The quantitative estimate of drug-likeness (QED) is 0.875. The molecule has 108 valence electrons. The van der Waals surface area contributed by atoms with Crippen molar-refractivity contribution in [2.45, 2.75) is 12.8 Å². The topological polar surface area (TPSA) is 44.9 Å². The van der Waals surface area contributed by atoms with E-state index in [1.165, 1.54) is 12.0 Å². The molecule has 0 spiro atoms. The summed E-state index contributed by atoms with van der Waals surface area (Å²) in [6.45, 7) is 2.06. The lowest BCUT2D eigenvalue weighted by Crippen LogP contribution is -2.20. The molecule has 1 unspecified atom stereocenters. The Hall–Kier alpha value is -1.99. The molecule has 0 radical (unpaired) electrons. The summed E-state index contributed by atoms with van der Waals surface area (Å²) in [5, 5.41) is 13.7. The number of anilines is 1. The maximum absolute atomic E-state index is 8.93. The van der Waals surface area contributed by atoms with Gasteiger partial charge in [0.25, 0.3) is 0 Å². The molecule has 3 rings (SSSR count). The van der Waals surface area contributed by atoms with Crippen LogP contribution in [0.5, 0.6) is 0 Å². The average Bonchev–Trinajstić information content (AvgIpc) is 3.08. The van der Waals surface area contributed by atoms with E-state index in [0.29, 0.717) is 16.5 Å². The maximum atomic E-state index is 8.93. The van der Waals surface area contributed by atoms with Gasteiger partial charge in [0.05, 0.1) is 16.8 Å². The molecule has 0 aliphatic carbocycles. The predicted octanol–water partition coefficient (Wildman–Crippen LogP) is 3.01. The zero-order valence-electron chi connectivity index (χ0n) is 12.0. The highest BCUT2D eigenvalue weighted by Gasteiger charge is 2.23. The standard InChI is InChI=1S/C16H17ClN4/c1-20-10-13(9-19-20)6-12-4-5-21(11-12)15-3-2-14(8-18)16(17)7-15/h2-3,7,9-10,12H,4-6,11H2,1H3. The molecule has 5 heteroatoms. The summed E-state index contributed by atoms with van der Waals surface area (Å²) in [5.41, 5.74) is 2.93. The van der Waals surface area contributed by atoms with Crippen molar-refractivity contribution >= 4 is 17.3 Å². The smallest absolute Gasteiger partial charge is 0.101 e. The third-order valence-electron chi connectivity index (χ3n) is 4.01. The van der Waals surface area contributed by atoms with E-state index in [-0.39, 0.29) is 0 Å². The van der Waals surface area contributed by atoms with Gasteiger partial charge in [0.1, 0.15) is 6.07 Å². The highest BCUT2D eigenvalue weighted by molar-refractivity contribution is 6.32. The van der Waals surface area contributed by atoms with Crippen molar-refractivity contribution in [3.63, 3.8) is 0 Å². The Bertz CT molecular complexity index is 686. The second kappa shape index (κ2) is 5.79. The molecule has 1 aliphatic rings. The number of benzene rings is 1. The van der Waals surface area contributed by atoms with E-state index >= 15 is 0 Å². The molecule has 0 amide bonds. The van der Waals surface area contributed by atoms with Gasteiger partial charge in [-0.3, -0.25) is 4.68 Å². The molecule has 4 nitrogen and oxygen atoms in total. The van der Waals surface area contributed by atoms with Crippen molar-refractivity contribution in [1.82, 2.24) is 9.78 Å². The van der Waals surface area contributed by atoms with Gasteiger partial charge in [0, 0.05) is 32.0 Å². The summed E-state index contributed by atoms with van der Waals surface area (Å²) >= 11 is 6.12. The first kappa shape index (κ1) is 14.0. The van der Waals surface area contributed by atoms with Crippen LogP contribution in [0.15, 0.2) is 30.6 Å². The van der Waals surface area contributed by atoms with E-state index in [9.17, 15) is 0 Å². The summed E-state index contributed by atoms with van der Waals surface area (Å²) in [6, 6.07) is 7.77. The number of halogens is 1. The van der Waals surface area contributed by atoms with E-state index in [2.05, 4.69) is 22.3 Å². The molecule has 0 bridgehead atoms. The van der Waals surface area contributed by atoms with Crippen LogP contribution < -0.4 is 4.90 Å². The van der Waals surface area contributed by atoms with E-state index in [1.54, 1.807) is 6.07 Å². The molecule has 1 aromatic heterocycles. The number of rotatable bonds is 3. The summed E-state index contributed by atoms with van der Waals surface area (Å²) in [6.07, 6.45) is 6.27. The lowest BCUT2D eigenvalue weighted by molar-refractivity contribution is 0.586. The van der Waals surface area contributed by atoms with Crippen molar-refractivity contribution < 1.29 is 0 Å². The third-order valence-corrected chi connectivity index (χ3v) is 4.32. The highest BCUT2D eigenvalue weighted by Crippen LogP contribution is 2.29. The Balaban J connectivity index is 1.67. The maximum Gasteiger partial charge on any atom is 0.101 e. The normalized spacial score (nSPS) is 18.0. The van der Waals surface area contributed by atoms with Gasteiger partial charge in [0.2, 0.25) is 0 Å². The Kier molecular flexibility index (Phi) is 3.85. The molecule has 1 atom stereocenters. The molecule has 1 saturated heterocycles. The number of nitrogens with zero attached hydrogens (tertiary/aromatic N) is 4. The van der Waals surface area contributed by atoms with E-state index in [1.807, 2.05) is 30.1 Å². The van der Waals surface area contributed by atoms with Crippen molar-refractivity contribution in [3.05, 3.63) is 46.7 Å². The number of nitriles is 1. The van der Waals surface area contributed by atoms with Crippen molar-refractivity contribution in [2.75, 3.05) is 18.0 Å². The van der Waals surface area contributed by atoms with Crippen molar-refractivity contribution in [3.8, 4) is 6.07 Å². The largest absolute Gasteiger partial charge is 0.371 e. The molecular formula is C16H17ClN4. The third kappa shape index (κ3) is 3.03. The molecule has 2 aromatic rings. The fraction of sp³-hybridized carbons (Fsp3) is 0.375. The van der Waals surface area contributed by atoms with Gasteiger partial charge in [-0.05, 0) is 42.5 Å². The number of hydrogen-bond donors (Lipinski definition) is 0.